The highest BCUT2D eigenvalue weighted by Crippen LogP contribution is 2.33. The number of pyridine rings is 1. The molecule has 0 atom stereocenters. The molecule has 128 valence electrons. The Hall–Kier alpha value is -2.78. The summed E-state index contributed by atoms with van der Waals surface area (Å²) in [6, 6.07) is 21.1. The van der Waals surface area contributed by atoms with Crippen LogP contribution in [0.2, 0.25) is 0 Å². The summed E-state index contributed by atoms with van der Waals surface area (Å²) in [6.07, 6.45) is 3.78. The molecule has 0 radical (unpaired) electrons. The Morgan fingerprint density at radius 1 is 0.808 bits per heavy atom. The molecule has 26 heavy (non-hydrogen) atoms. The van der Waals surface area contributed by atoms with Gasteiger partial charge in [-0.2, -0.15) is 0 Å². The molecule has 2 nitrogen and oxygen atoms in total. The van der Waals surface area contributed by atoms with Gasteiger partial charge in [0.2, 0.25) is 0 Å². The fourth-order valence-corrected chi connectivity index (χ4v) is 3.94. The van der Waals surface area contributed by atoms with Crippen LogP contribution < -0.4 is 0 Å². The second-order valence-electron chi connectivity index (χ2n) is 6.60. The maximum atomic E-state index is 4.87. The molecule has 0 aliphatic rings. The van der Waals surface area contributed by atoms with Crippen molar-refractivity contribution in [3.63, 3.8) is 0 Å². The highest BCUT2D eigenvalue weighted by molar-refractivity contribution is 7.13. The molecule has 0 aliphatic heterocycles. The normalized spacial score (nSPS) is 11.0. The van der Waals surface area contributed by atoms with Crippen LogP contribution in [0.1, 0.15) is 25.3 Å². The lowest BCUT2D eigenvalue weighted by Gasteiger charge is -2.09. The minimum absolute atomic E-state index is 0.450. The Balaban J connectivity index is 1.65. The van der Waals surface area contributed by atoms with Crippen LogP contribution in [-0.4, -0.2) is 9.97 Å². The summed E-state index contributed by atoms with van der Waals surface area (Å²) in [7, 11) is 0. The van der Waals surface area contributed by atoms with Gasteiger partial charge in [0, 0.05) is 28.9 Å². The molecule has 0 amide bonds. The number of rotatable bonds is 4. The summed E-state index contributed by atoms with van der Waals surface area (Å²) in [5, 5.41) is 3.16. The van der Waals surface area contributed by atoms with Gasteiger partial charge in [0.25, 0.3) is 0 Å². The van der Waals surface area contributed by atoms with Gasteiger partial charge >= 0.3 is 0 Å². The van der Waals surface area contributed by atoms with Crippen molar-refractivity contribution in [2.45, 2.75) is 19.8 Å². The van der Waals surface area contributed by atoms with E-state index in [-0.39, 0.29) is 0 Å². The van der Waals surface area contributed by atoms with Crippen molar-refractivity contribution >= 4 is 11.3 Å². The molecule has 0 unspecified atom stereocenters. The Morgan fingerprint density at radius 2 is 1.50 bits per heavy atom. The summed E-state index contributed by atoms with van der Waals surface area (Å²) in [5.74, 6) is 0.450. The van der Waals surface area contributed by atoms with Gasteiger partial charge in [0.05, 0.1) is 5.69 Å². The molecule has 4 aromatic rings. The zero-order valence-corrected chi connectivity index (χ0v) is 15.7. The number of thiazole rings is 1. The van der Waals surface area contributed by atoms with Crippen molar-refractivity contribution < 1.29 is 0 Å². The topological polar surface area (TPSA) is 25.8 Å². The van der Waals surface area contributed by atoms with Crippen molar-refractivity contribution in [2.75, 3.05) is 0 Å². The average Bonchev–Trinajstić information content (AvgIpc) is 3.19. The summed E-state index contributed by atoms with van der Waals surface area (Å²) in [4.78, 5) is 9.17. The molecule has 0 fully saturated rings. The van der Waals surface area contributed by atoms with Gasteiger partial charge in [-0.25, -0.2) is 4.98 Å². The molecular formula is C23H20N2S. The Kier molecular flexibility index (Phi) is 4.63. The fourth-order valence-electron chi connectivity index (χ4n) is 3.08. The van der Waals surface area contributed by atoms with E-state index in [0.29, 0.717) is 5.92 Å². The molecule has 0 saturated carbocycles. The second-order valence-corrected chi connectivity index (χ2v) is 7.46. The van der Waals surface area contributed by atoms with E-state index in [1.54, 1.807) is 11.3 Å². The molecule has 2 aromatic heterocycles. The van der Waals surface area contributed by atoms with E-state index in [1.807, 2.05) is 18.5 Å². The number of aromatic nitrogens is 2. The first-order chi connectivity index (χ1) is 12.7. The lowest BCUT2D eigenvalue weighted by Crippen LogP contribution is -1.93. The lowest BCUT2D eigenvalue weighted by molar-refractivity contribution is 0.865. The van der Waals surface area contributed by atoms with Gasteiger partial charge in [-0.1, -0.05) is 68.4 Å². The smallest absolute Gasteiger partial charge is 0.125 e. The predicted octanol–water partition coefficient (Wildman–Crippen LogP) is 6.66. The number of hydrogen-bond donors (Lipinski definition) is 0. The molecule has 0 N–H and O–H groups in total. The summed E-state index contributed by atoms with van der Waals surface area (Å²) in [5.41, 5.74) is 7.04. The summed E-state index contributed by atoms with van der Waals surface area (Å²) < 4.78 is 0. The van der Waals surface area contributed by atoms with Crippen molar-refractivity contribution in [1.82, 2.24) is 9.97 Å². The van der Waals surface area contributed by atoms with Crippen LogP contribution in [-0.2, 0) is 0 Å². The molecule has 2 heterocycles. The zero-order chi connectivity index (χ0) is 17.9. The third-order valence-corrected chi connectivity index (χ3v) is 5.37. The SMILES string of the molecule is CC(C)c1ccncc1-c1nc(-c2ccc(-c3ccccc3)cc2)cs1. The van der Waals surface area contributed by atoms with E-state index >= 15 is 0 Å². The van der Waals surface area contributed by atoms with E-state index in [1.165, 1.54) is 16.7 Å². The third-order valence-electron chi connectivity index (χ3n) is 4.50. The molecule has 0 bridgehead atoms. The van der Waals surface area contributed by atoms with E-state index < -0.39 is 0 Å². The van der Waals surface area contributed by atoms with Crippen molar-refractivity contribution in [3.8, 4) is 33.0 Å². The van der Waals surface area contributed by atoms with E-state index in [4.69, 9.17) is 4.98 Å². The standard InChI is InChI=1S/C23H20N2S/c1-16(2)20-12-13-24-14-21(20)23-25-22(15-26-23)19-10-8-18(9-11-19)17-6-4-3-5-7-17/h3-16H,1-2H3. The number of hydrogen-bond acceptors (Lipinski definition) is 3. The van der Waals surface area contributed by atoms with Crippen molar-refractivity contribution in [3.05, 3.63) is 84.0 Å². The second kappa shape index (κ2) is 7.22. The van der Waals surface area contributed by atoms with E-state index in [9.17, 15) is 0 Å². The fraction of sp³-hybridized carbons (Fsp3) is 0.130. The van der Waals surface area contributed by atoms with Crippen LogP contribution >= 0.6 is 11.3 Å². The first kappa shape index (κ1) is 16.7. The van der Waals surface area contributed by atoms with Crippen molar-refractivity contribution in [1.29, 1.82) is 0 Å². The zero-order valence-electron chi connectivity index (χ0n) is 14.9. The molecule has 2 aromatic carbocycles. The summed E-state index contributed by atoms with van der Waals surface area (Å²) in [6.45, 7) is 4.41. The van der Waals surface area contributed by atoms with E-state index in [0.717, 1.165) is 21.8 Å². The van der Waals surface area contributed by atoms with Gasteiger partial charge in [0.1, 0.15) is 5.01 Å². The monoisotopic (exact) mass is 356 g/mol. The number of nitrogens with zero attached hydrogens (tertiary/aromatic N) is 2. The van der Waals surface area contributed by atoms with Gasteiger partial charge in [-0.05, 0) is 28.7 Å². The minimum Gasteiger partial charge on any atom is -0.264 e. The third kappa shape index (κ3) is 3.31. The Labute approximate surface area is 158 Å². The Morgan fingerprint density at radius 3 is 2.23 bits per heavy atom. The Bertz CT molecular complexity index is 1000. The maximum Gasteiger partial charge on any atom is 0.125 e. The molecular weight excluding hydrogens is 336 g/mol. The van der Waals surface area contributed by atoms with Crippen LogP contribution in [0.4, 0.5) is 0 Å². The maximum absolute atomic E-state index is 4.87. The molecule has 0 spiro atoms. The van der Waals surface area contributed by atoms with Gasteiger partial charge in [-0.3, -0.25) is 4.98 Å². The molecule has 0 saturated heterocycles. The van der Waals surface area contributed by atoms with Gasteiger partial charge in [-0.15, -0.1) is 11.3 Å². The van der Waals surface area contributed by atoms with Gasteiger partial charge in [0.15, 0.2) is 0 Å². The molecule has 0 aliphatic carbocycles. The predicted molar refractivity (Wildman–Crippen MR) is 110 cm³/mol. The van der Waals surface area contributed by atoms with Crippen LogP contribution in [0.25, 0.3) is 33.0 Å². The first-order valence-electron chi connectivity index (χ1n) is 8.78. The minimum atomic E-state index is 0.450. The van der Waals surface area contributed by atoms with Crippen LogP contribution in [0.3, 0.4) is 0 Å². The van der Waals surface area contributed by atoms with Gasteiger partial charge < -0.3 is 0 Å². The van der Waals surface area contributed by atoms with Crippen LogP contribution in [0.5, 0.6) is 0 Å². The van der Waals surface area contributed by atoms with Crippen LogP contribution in [0, 0.1) is 0 Å². The lowest BCUT2D eigenvalue weighted by atomic mass is 10.00. The average molecular weight is 356 g/mol. The van der Waals surface area contributed by atoms with Crippen molar-refractivity contribution in [2.24, 2.45) is 0 Å². The quantitative estimate of drug-likeness (QED) is 0.408. The number of benzene rings is 2. The molecule has 3 heteroatoms. The summed E-state index contributed by atoms with van der Waals surface area (Å²) >= 11 is 1.68. The van der Waals surface area contributed by atoms with E-state index in [2.05, 4.69) is 78.8 Å². The highest BCUT2D eigenvalue weighted by Gasteiger charge is 2.13. The van der Waals surface area contributed by atoms with Crippen LogP contribution in [0.15, 0.2) is 78.4 Å². The first-order valence-corrected chi connectivity index (χ1v) is 9.66. The molecule has 4 rings (SSSR count). The highest BCUT2D eigenvalue weighted by atomic mass is 32.1. The largest absolute Gasteiger partial charge is 0.264 e.